The first kappa shape index (κ1) is 15.2. The quantitative estimate of drug-likeness (QED) is 0.838. The maximum Gasteiger partial charge on any atom is 0.252 e. The predicted molar refractivity (Wildman–Crippen MR) is 75.3 cm³/mol. The number of anilines is 1. The predicted octanol–water partition coefficient (Wildman–Crippen LogP) is 1.17. The number of aromatic nitrogens is 2. The maximum absolute atomic E-state index is 11.9. The lowest BCUT2D eigenvalue weighted by Crippen LogP contribution is -2.39. The highest BCUT2D eigenvalue weighted by Gasteiger charge is 2.17. The van der Waals surface area contributed by atoms with Crippen LogP contribution in [0.3, 0.4) is 0 Å². The van der Waals surface area contributed by atoms with Crippen LogP contribution in [0.25, 0.3) is 0 Å². The third-order valence-corrected chi connectivity index (χ3v) is 2.89. The highest BCUT2D eigenvalue weighted by atomic mass is 16.2. The van der Waals surface area contributed by atoms with Crippen LogP contribution in [0.2, 0.25) is 0 Å². The maximum atomic E-state index is 11.9. The van der Waals surface area contributed by atoms with Crippen molar-refractivity contribution in [3.8, 4) is 0 Å². The zero-order valence-corrected chi connectivity index (χ0v) is 12.2. The van der Waals surface area contributed by atoms with Crippen molar-refractivity contribution in [2.75, 3.05) is 18.9 Å². The van der Waals surface area contributed by atoms with Crippen LogP contribution in [0.5, 0.6) is 0 Å². The van der Waals surface area contributed by atoms with E-state index in [1.807, 2.05) is 20.8 Å². The number of H-pyrrole nitrogens is 1. The van der Waals surface area contributed by atoms with Crippen molar-refractivity contribution in [3.05, 3.63) is 22.2 Å². The van der Waals surface area contributed by atoms with E-state index < -0.39 is 6.04 Å². The van der Waals surface area contributed by atoms with Crippen LogP contribution < -0.4 is 10.9 Å². The Morgan fingerprint density at radius 3 is 2.63 bits per heavy atom. The van der Waals surface area contributed by atoms with Crippen molar-refractivity contribution in [2.45, 2.75) is 39.7 Å². The summed E-state index contributed by atoms with van der Waals surface area (Å²) in [4.78, 5) is 32.1. The normalized spacial score (nSPS) is 12.3. The summed E-state index contributed by atoms with van der Waals surface area (Å²) in [6, 6.07) is 0.945. The lowest BCUT2D eigenvalue weighted by molar-refractivity contribution is -0.130. The Morgan fingerprint density at radius 2 is 2.11 bits per heavy atom. The minimum atomic E-state index is -0.417. The largest absolute Gasteiger partial charge is 0.358 e. The molecule has 0 bridgehead atoms. The SMILES string of the molecule is CCN(C)C(=O)C(C)Nc1cc(=O)[nH]c(C(C)C)n1. The molecule has 0 saturated heterocycles. The fourth-order valence-electron chi connectivity index (χ4n) is 1.59. The number of aromatic amines is 1. The van der Waals surface area contributed by atoms with Gasteiger partial charge in [0.05, 0.1) is 0 Å². The first-order valence-electron chi connectivity index (χ1n) is 6.48. The van der Waals surface area contributed by atoms with Gasteiger partial charge < -0.3 is 15.2 Å². The molecule has 6 heteroatoms. The van der Waals surface area contributed by atoms with E-state index in [1.54, 1.807) is 18.9 Å². The summed E-state index contributed by atoms with van der Waals surface area (Å²) in [6.45, 7) is 8.20. The van der Waals surface area contributed by atoms with Crippen molar-refractivity contribution in [3.63, 3.8) is 0 Å². The van der Waals surface area contributed by atoms with E-state index in [0.29, 0.717) is 18.2 Å². The van der Waals surface area contributed by atoms with Crippen LogP contribution in [0, 0.1) is 0 Å². The third kappa shape index (κ3) is 4.08. The average Bonchev–Trinajstić information content (AvgIpc) is 2.35. The second-order valence-electron chi connectivity index (χ2n) is 4.89. The number of hydrogen-bond acceptors (Lipinski definition) is 4. The van der Waals surface area contributed by atoms with Gasteiger partial charge in [-0.2, -0.15) is 0 Å². The van der Waals surface area contributed by atoms with Gasteiger partial charge in [0, 0.05) is 25.6 Å². The standard InChI is InChI=1S/C13H22N4O2/c1-6-17(5)13(19)9(4)14-10-7-11(18)16-12(15-10)8(2)3/h7-9H,6H2,1-5H3,(H2,14,15,16,18). The molecule has 19 heavy (non-hydrogen) atoms. The van der Waals surface area contributed by atoms with Gasteiger partial charge in [-0.25, -0.2) is 4.98 Å². The van der Waals surface area contributed by atoms with E-state index in [9.17, 15) is 9.59 Å². The molecule has 0 aliphatic carbocycles. The van der Waals surface area contributed by atoms with Crippen LogP contribution in [0.4, 0.5) is 5.82 Å². The molecule has 1 aromatic rings. The molecular weight excluding hydrogens is 244 g/mol. The first-order valence-corrected chi connectivity index (χ1v) is 6.48. The monoisotopic (exact) mass is 266 g/mol. The molecule has 0 aliphatic rings. The average molecular weight is 266 g/mol. The highest BCUT2D eigenvalue weighted by molar-refractivity contribution is 5.83. The van der Waals surface area contributed by atoms with Crippen molar-refractivity contribution >= 4 is 11.7 Å². The minimum absolute atomic E-state index is 0.0318. The summed E-state index contributed by atoms with van der Waals surface area (Å²) in [6.07, 6.45) is 0. The number of carbonyl (C=O) groups excluding carboxylic acids is 1. The highest BCUT2D eigenvalue weighted by Crippen LogP contribution is 2.10. The first-order chi connectivity index (χ1) is 8.85. The summed E-state index contributed by atoms with van der Waals surface area (Å²) >= 11 is 0. The Hall–Kier alpha value is -1.85. The molecule has 2 N–H and O–H groups in total. The molecule has 1 atom stereocenters. The zero-order valence-electron chi connectivity index (χ0n) is 12.2. The van der Waals surface area contributed by atoms with Gasteiger partial charge in [0.25, 0.3) is 5.56 Å². The Kier molecular flexibility index (Phi) is 5.09. The zero-order chi connectivity index (χ0) is 14.6. The molecule has 1 unspecified atom stereocenters. The number of likely N-dealkylation sites (N-methyl/N-ethyl adjacent to an activating group) is 1. The Labute approximate surface area is 113 Å². The smallest absolute Gasteiger partial charge is 0.252 e. The molecular formula is C13H22N4O2. The number of carbonyl (C=O) groups is 1. The molecule has 1 rings (SSSR count). The molecule has 106 valence electrons. The molecule has 0 aromatic carbocycles. The van der Waals surface area contributed by atoms with Crippen molar-refractivity contribution in [1.29, 1.82) is 0 Å². The van der Waals surface area contributed by atoms with E-state index in [1.165, 1.54) is 6.07 Å². The van der Waals surface area contributed by atoms with Gasteiger partial charge in [-0.3, -0.25) is 9.59 Å². The van der Waals surface area contributed by atoms with Crippen LogP contribution in [-0.2, 0) is 4.79 Å². The fraction of sp³-hybridized carbons (Fsp3) is 0.615. The van der Waals surface area contributed by atoms with Crippen LogP contribution in [-0.4, -0.2) is 40.4 Å². The summed E-state index contributed by atoms with van der Waals surface area (Å²) in [7, 11) is 1.74. The lowest BCUT2D eigenvalue weighted by Gasteiger charge is -2.21. The molecule has 0 radical (unpaired) electrons. The van der Waals surface area contributed by atoms with Gasteiger partial charge in [-0.15, -0.1) is 0 Å². The van der Waals surface area contributed by atoms with Crippen molar-refractivity contribution in [2.24, 2.45) is 0 Å². The van der Waals surface area contributed by atoms with Crippen LogP contribution in [0.15, 0.2) is 10.9 Å². The molecule has 0 saturated carbocycles. The lowest BCUT2D eigenvalue weighted by atomic mass is 10.2. The van der Waals surface area contributed by atoms with E-state index >= 15 is 0 Å². The molecule has 6 nitrogen and oxygen atoms in total. The Balaban J connectivity index is 2.88. The van der Waals surface area contributed by atoms with Crippen molar-refractivity contribution < 1.29 is 4.79 Å². The van der Waals surface area contributed by atoms with Crippen LogP contribution >= 0.6 is 0 Å². The second kappa shape index (κ2) is 6.36. The molecule has 1 heterocycles. The number of hydrogen-bond donors (Lipinski definition) is 2. The van der Waals surface area contributed by atoms with Gasteiger partial charge in [-0.05, 0) is 13.8 Å². The van der Waals surface area contributed by atoms with Crippen LogP contribution in [0.1, 0.15) is 39.4 Å². The summed E-state index contributed by atoms with van der Waals surface area (Å²) < 4.78 is 0. The van der Waals surface area contributed by atoms with Gasteiger partial charge >= 0.3 is 0 Å². The molecule has 1 amide bonds. The summed E-state index contributed by atoms with van der Waals surface area (Å²) in [5, 5.41) is 2.97. The minimum Gasteiger partial charge on any atom is -0.358 e. The summed E-state index contributed by atoms with van der Waals surface area (Å²) in [5.41, 5.74) is -0.218. The van der Waals surface area contributed by atoms with Gasteiger partial charge in [0.2, 0.25) is 5.91 Å². The Bertz CT molecular complexity index is 496. The summed E-state index contributed by atoms with van der Waals surface area (Å²) in [5.74, 6) is 1.13. The van der Waals surface area contributed by atoms with Crippen molar-refractivity contribution in [1.82, 2.24) is 14.9 Å². The van der Waals surface area contributed by atoms with Gasteiger partial charge in [0.15, 0.2) is 0 Å². The molecule has 0 aliphatic heterocycles. The Morgan fingerprint density at radius 1 is 1.47 bits per heavy atom. The van der Waals surface area contributed by atoms with Gasteiger partial charge in [0.1, 0.15) is 17.7 Å². The molecule has 0 fully saturated rings. The molecule has 0 spiro atoms. The number of rotatable bonds is 5. The number of amides is 1. The van der Waals surface area contributed by atoms with Gasteiger partial charge in [-0.1, -0.05) is 13.8 Å². The fourth-order valence-corrected chi connectivity index (χ4v) is 1.59. The second-order valence-corrected chi connectivity index (χ2v) is 4.89. The number of nitrogens with zero attached hydrogens (tertiary/aromatic N) is 2. The van der Waals surface area contributed by atoms with E-state index in [-0.39, 0.29) is 17.4 Å². The molecule has 1 aromatic heterocycles. The third-order valence-electron chi connectivity index (χ3n) is 2.89. The number of nitrogens with one attached hydrogen (secondary N) is 2. The van der Waals surface area contributed by atoms with E-state index in [0.717, 1.165) is 0 Å². The van der Waals surface area contributed by atoms with E-state index in [2.05, 4.69) is 15.3 Å². The topological polar surface area (TPSA) is 78.1 Å². The van der Waals surface area contributed by atoms with E-state index in [4.69, 9.17) is 0 Å².